The van der Waals surface area contributed by atoms with Gasteiger partial charge >= 0.3 is 6.18 Å². The van der Waals surface area contributed by atoms with E-state index < -0.39 is 23.3 Å². The Morgan fingerprint density at radius 2 is 1.81 bits per heavy atom. The maximum absolute atomic E-state index is 12.8. The maximum Gasteiger partial charge on any atom is 0.418 e. The largest absolute Gasteiger partial charge is 0.418 e. The van der Waals surface area contributed by atoms with Gasteiger partial charge in [0.2, 0.25) is 0 Å². The molecule has 1 amide bonds. The van der Waals surface area contributed by atoms with E-state index in [0.29, 0.717) is 10.2 Å². The molecule has 21 heavy (non-hydrogen) atoms. The summed E-state index contributed by atoms with van der Waals surface area (Å²) >= 11 is 3.24. The molecule has 0 aliphatic heterocycles. The van der Waals surface area contributed by atoms with Crippen LogP contribution in [-0.2, 0) is 6.18 Å². The van der Waals surface area contributed by atoms with Gasteiger partial charge in [-0.2, -0.15) is 13.2 Å². The molecule has 0 atom stereocenters. The van der Waals surface area contributed by atoms with Gasteiger partial charge < -0.3 is 11.1 Å². The number of carbonyl (C=O) groups excluding carboxylic acids is 1. The Bertz CT molecular complexity index is 686. The van der Waals surface area contributed by atoms with E-state index in [-0.39, 0.29) is 5.56 Å². The minimum atomic E-state index is -4.60. The van der Waals surface area contributed by atoms with Crippen molar-refractivity contribution in [2.24, 2.45) is 0 Å². The van der Waals surface area contributed by atoms with Crippen LogP contribution in [0.15, 0.2) is 46.9 Å². The molecule has 110 valence electrons. The van der Waals surface area contributed by atoms with Crippen LogP contribution in [-0.4, -0.2) is 5.91 Å². The fourth-order valence-corrected chi connectivity index (χ4v) is 2.08. The average molecular weight is 359 g/mol. The Balaban J connectivity index is 2.31. The van der Waals surface area contributed by atoms with E-state index in [4.69, 9.17) is 5.73 Å². The summed E-state index contributed by atoms with van der Waals surface area (Å²) in [5.74, 6) is -0.646. The molecule has 0 aliphatic carbocycles. The van der Waals surface area contributed by atoms with Crippen molar-refractivity contribution in [3.05, 3.63) is 58.1 Å². The Labute approximate surface area is 127 Å². The molecule has 0 fully saturated rings. The minimum Gasteiger partial charge on any atom is -0.398 e. The lowest BCUT2D eigenvalue weighted by Gasteiger charge is -2.12. The Morgan fingerprint density at radius 3 is 2.43 bits per heavy atom. The Kier molecular flexibility index (Phi) is 4.22. The quantitative estimate of drug-likeness (QED) is 0.786. The van der Waals surface area contributed by atoms with Gasteiger partial charge in [-0.15, -0.1) is 0 Å². The first kappa shape index (κ1) is 15.4. The van der Waals surface area contributed by atoms with Gasteiger partial charge in [0.25, 0.3) is 5.91 Å². The lowest BCUT2D eigenvalue weighted by atomic mass is 10.1. The molecule has 0 unspecified atom stereocenters. The van der Waals surface area contributed by atoms with E-state index >= 15 is 0 Å². The third-order valence-corrected chi connectivity index (χ3v) is 3.43. The van der Waals surface area contributed by atoms with E-state index in [1.54, 1.807) is 24.3 Å². The molecule has 0 heterocycles. The molecular formula is C14H10BrF3N2O. The van der Waals surface area contributed by atoms with Crippen molar-refractivity contribution in [1.82, 2.24) is 0 Å². The number of halogens is 4. The highest BCUT2D eigenvalue weighted by Crippen LogP contribution is 2.34. The standard InChI is InChI=1S/C14H10BrF3N2O/c15-10-3-1-2-4-12(10)20-13(21)8-5-6-11(19)9(7-8)14(16,17)18/h1-7H,19H2,(H,20,21). The molecule has 2 aromatic carbocycles. The van der Waals surface area contributed by atoms with Crippen LogP contribution in [0.2, 0.25) is 0 Å². The van der Waals surface area contributed by atoms with Crippen LogP contribution in [0.3, 0.4) is 0 Å². The van der Waals surface area contributed by atoms with Crippen LogP contribution in [0.5, 0.6) is 0 Å². The summed E-state index contributed by atoms with van der Waals surface area (Å²) in [6.07, 6.45) is -4.60. The number of rotatable bonds is 2. The van der Waals surface area contributed by atoms with Crippen LogP contribution in [0, 0.1) is 0 Å². The van der Waals surface area contributed by atoms with Crippen molar-refractivity contribution in [2.75, 3.05) is 11.1 Å². The van der Waals surface area contributed by atoms with Crippen LogP contribution in [0.25, 0.3) is 0 Å². The number of amides is 1. The molecule has 3 N–H and O–H groups in total. The third kappa shape index (κ3) is 3.55. The van der Waals surface area contributed by atoms with Crippen molar-refractivity contribution in [3.63, 3.8) is 0 Å². The predicted octanol–water partition coefficient (Wildman–Crippen LogP) is 4.30. The first-order valence-electron chi connectivity index (χ1n) is 5.81. The SMILES string of the molecule is Nc1ccc(C(=O)Nc2ccccc2Br)cc1C(F)(F)F. The number of benzene rings is 2. The van der Waals surface area contributed by atoms with Crippen molar-refractivity contribution >= 4 is 33.2 Å². The predicted molar refractivity (Wildman–Crippen MR) is 78.0 cm³/mol. The van der Waals surface area contributed by atoms with Crippen LogP contribution >= 0.6 is 15.9 Å². The number of hydrogen-bond donors (Lipinski definition) is 2. The van der Waals surface area contributed by atoms with Crippen LogP contribution in [0.4, 0.5) is 24.5 Å². The highest BCUT2D eigenvalue weighted by Gasteiger charge is 2.33. The molecule has 7 heteroatoms. The summed E-state index contributed by atoms with van der Waals surface area (Å²) < 4.78 is 38.9. The molecule has 0 aliphatic rings. The molecule has 0 saturated carbocycles. The van der Waals surface area contributed by atoms with E-state index in [2.05, 4.69) is 21.2 Å². The molecule has 2 aromatic rings. The zero-order chi connectivity index (χ0) is 15.6. The van der Waals surface area contributed by atoms with Gasteiger partial charge in [0, 0.05) is 15.7 Å². The van der Waals surface area contributed by atoms with E-state index in [1.165, 1.54) is 6.07 Å². The molecule has 0 aromatic heterocycles. The van der Waals surface area contributed by atoms with Crippen molar-refractivity contribution in [2.45, 2.75) is 6.18 Å². The Morgan fingerprint density at radius 1 is 1.14 bits per heavy atom. The molecule has 2 rings (SSSR count). The second-order valence-corrected chi connectivity index (χ2v) is 5.09. The van der Waals surface area contributed by atoms with Crippen LogP contribution in [0.1, 0.15) is 15.9 Å². The summed E-state index contributed by atoms with van der Waals surface area (Å²) in [4.78, 5) is 12.0. The van der Waals surface area contributed by atoms with Crippen LogP contribution < -0.4 is 11.1 Å². The van der Waals surface area contributed by atoms with Gasteiger partial charge in [-0.25, -0.2) is 0 Å². The zero-order valence-corrected chi connectivity index (χ0v) is 12.1. The Hall–Kier alpha value is -2.02. The number of para-hydroxylation sites is 1. The van der Waals surface area contributed by atoms with Gasteiger partial charge in [0.05, 0.1) is 11.3 Å². The van der Waals surface area contributed by atoms with E-state index in [0.717, 1.165) is 12.1 Å². The first-order valence-corrected chi connectivity index (χ1v) is 6.61. The molecular weight excluding hydrogens is 349 g/mol. The molecule has 0 bridgehead atoms. The van der Waals surface area contributed by atoms with E-state index in [9.17, 15) is 18.0 Å². The lowest BCUT2D eigenvalue weighted by molar-refractivity contribution is -0.136. The summed E-state index contributed by atoms with van der Waals surface area (Å²) in [5.41, 5.74) is 4.20. The third-order valence-electron chi connectivity index (χ3n) is 2.74. The monoisotopic (exact) mass is 358 g/mol. The molecule has 0 saturated heterocycles. The highest BCUT2D eigenvalue weighted by atomic mass is 79.9. The molecule has 0 radical (unpaired) electrons. The summed E-state index contributed by atoms with van der Waals surface area (Å²) in [7, 11) is 0. The molecule has 0 spiro atoms. The number of alkyl halides is 3. The van der Waals surface area contributed by atoms with Crippen molar-refractivity contribution in [1.29, 1.82) is 0 Å². The number of nitrogen functional groups attached to an aromatic ring is 1. The van der Waals surface area contributed by atoms with Gasteiger partial charge in [0.15, 0.2) is 0 Å². The van der Waals surface area contributed by atoms with E-state index in [1.807, 2.05) is 0 Å². The summed E-state index contributed by atoms with van der Waals surface area (Å²) in [5, 5.41) is 2.53. The number of hydrogen-bond acceptors (Lipinski definition) is 2. The van der Waals surface area contributed by atoms with Gasteiger partial charge in [-0.3, -0.25) is 4.79 Å². The summed E-state index contributed by atoms with van der Waals surface area (Å²) in [6, 6.07) is 9.84. The summed E-state index contributed by atoms with van der Waals surface area (Å²) in [6.45, 7) is 0. The zero-order valence-electron chi connectivity index (χ0n) is 10.5. The fourth-order valence-electron chi connectivity index (χ4n) is 1.70. The second kappa shape index (κ2) is 5.77. The van der Waals surface area contributed by atoms with Gasteiger partial charge in [-0.1, -0.05) is 12.1 Å². The number of nitrogens with one attached hydrogen (secondary N) is 1. The first-order chi connectivity index (χ1) is 9.79. The van der Waals surface area contributed by atoms with Gasteiger partial charge in [0.1, 0.15) is 0 Å². The molecule has 3 nitrogen and oxygen atoms in total. The normalized spacial score (nSPS) is 11.2. The van der Waals surface area contributed by atoms with Gasteiger partial charge in [-0.05, 0) is 46.3 Å². The second-order valence-electron chi connectivity index (χ2n) is 4.23. The number of carbonyl (C=O) groups is 1. The lowest BCUT2D eigenvalue weighted by Crippen LogP contribution is -2.15. The average Bonchev–Trinajstić information content (AvgIpc) is 2.40. The van der Waals surface area contributed by atoms with Crippen molar-refractivity contribution in [3.8, 4) is 0 Å². The topological polar surface area (TPSA) is 55.1 Å². The number of nitrogens with two attached hydrogens (primary N) is 1. The fraction of sp³-hybridized carbons (Fsp3) is 0.0714. The minimum absolute atomic E-state index is 0.118. The maximum atomic E-state index is 12.8. The van der Waals surface area contributed by atoms with Crippen molar-refractivity contribution < 1.29 is 18.0 Å². The highest BCUT2D eigenvalue weighted by molar-refractivity contribution is 9.10. The number of anilines is 2. The smallest absolute Gasteiger partial charge is 0.398 e.